The number of benzene rings is 1. The Balaban J connectivity index is 1.81. The number of halogens is 4. The van der Waals surface area contributed by atoms with Crippen LogP contribution in [0.25, 0.3) is 0 Å². The minimum atomic E-state index is -3.15. The van der Waals surface area contributed by atoms with Gasteiger partial charge in [0.2, 0.25) is 5.95 Å². The maximum atomic E-state index is 14.7. The Morgan fingerprint density at radius 3 is 2.53 bits per heavy atom. The number of hydrogen-bond acceptors (Lipinski definition) is 7. The summed E-state index contributed by atoms with van der Waals surface area (Å²) < 4.78 is 68.5. The number of anilines is 2. The molecule has 1 amide bonds. The quantitative estimate of drug-likeness (QED) is 0.522. The number of carbonyl (C=O) groups excluding carboxylic acids is 1. The molecule has 8 nitrogen and oxygen atoms in total. The van der Waals surface area contributed by atoms with Crippen molar-refractivity contribution in [3.8, 4) is 5.75 Å². The number of alkyl halides is 2. The fourth-order valence-corrected chi connectivity index (χ4v) is 3.51. The monoisotopic (exact) mass is 486 g/mol. The van der Waals surface area contributed by atoms with Crippen LogP contribution in [0.4, 0.5) is 34.1 Å². The van der Waals surface area contributed by atoms with E-state index in [0.717, 1.165) is 23.2 Å². The molecule has 1 fully saturated rings. The van der Waals surface area contributed by atoms with Crippen LogP contribution in [0, 0.1) is 11.6 Å². The van der Waals surface area contributed by atoms with Gasteiger partial charge in [0.25, 0.3) is 0 Å². The number of nitrogens with zero attached hydrogens (tertiary/aromatic N) is 3. The molecule has 3 rings (SSSR count). The van der Waals surface area contributed by atoms with Gasteiger partial charge in [0.1, 0.15) is 12.6 Å². The zero-order valence-corrected chi connectivity index (χ0v) is 19.3. The van der Waals surface area contributed by atoms with Crippen molar-refractivity contribution in [2.75, 3.05) is 16.8 Å². The average molecular weight is 486 g/mol. The highest BCUT2D eigenvalue weighted by molar-refractivity contribution is 5.89. The lowest BCUT2D eigenvalue weighted by molar-refractivity contribution is -0.0619. The van der Waals surface area contributed by atoms with E-state index in [-0.39, 0.29) is 18.4 Å². The molecule has 3 atom stereocenters. The molecule has 0 spiro atoms. The van der Waals surface area contributed by atoms with Gasteiger partial charge in [-0.25, -0.2) is 23.5 Å². The Labute approximate surface area is 194 Å². The van der Waals surface area contributed by atoms with Gasteiger partial charge in [-0.15, -0.1) is 0 Å². The molecule has 34 heavy (non-hydrogen) atoms. The third-order valence-electron chi connectivity index (χ3n) is 4.96. The van der Waals surface area contributed by atoms with Crippen molar-refractivity contribution >= 4 is 17.9 Å². The van der Waals surface area contributed by atoms with Gasteiger partial charge in [-0.05, 0) is 52.3 Å². The van der Waals surface area contributed by atoms with E-state index in [1.165, 1.54) is 6.07 Å². The summed E-state index contributed by atoms with van der Waals surface area (Å²) in [5.41, 5.74) is -0.131. The molecule has 1 aromatic carbocycles. The summed E-state index contributed by atoms with van der Waals surface area (Å²) in [6.45, 7) is 5.80. The molecule has 2 aromatic rings. The lowest BCUT2D eigenvalue weighted by Gasteiger charge is -2.31. The second kappa shape index (κ2) is 10.00. The Kier molecular flexibility index (Phi) is 7.49. The topological polar surface area (TPSA) is 85.8 Å². The summed E-state index contributed by atoms with van der Waals surface area (Å²) in [4.78, 5) is 21.5. The van der Waals surface area contributed by atoms with Crippen LogP contribution >= 0.6 is 0 Å². The van der Waals surface area contributed by atoms with Crippen LogP contribution < -0.4 is 15.0 Å². The summed E-state index contributed by atoms with van der Waals surface area (Å²) in [5.74, 6) is -2.74. The molecule has 1 N–H and O–H groups in total. The second-order valence-corrected chi connectivity index (χ2v) is 8.75. The van der Waals surface area contributed by atoms with E-state index in [4.69, 9.17) is 9.47 Å². The Hall–Kier alpha value is -3.15. The summed E-state index contributed by atoms with van der Waals surface area (Å²) in [6, 6.07) is 2.27. The Morgan fingerprint density at radius 1 is 1.21 bits per heavy atom. The van der Waals surface area contributed by atoms with E-state index in [0.29, 0.717) is 5.56 Å². The van der Waals surface area contributed by atoms with Gasteiger partial charge >= 0.3 is 12.7 Å². The van der Waals surface area contributed by atoms with Crippen molar-refractivity contribution < 1.29 is 36.6 Å². The minimum Gasteiger partial charge on any atom is -0.447 e. The van der Waals surface area contributed by atoms with Gasteiger partial charge in [-0.1, -0.05) is 6.07 Å². The summed E-state index contributed by atoms with van der Waals surface area (Å²) in [6.07, 6.45) is -0.370. The van der Waals surface area contributed by atoms with Crippen LogP contribution in [0.2, 0.25) is 0 Å². The van der Waals surface area contributed by atoms with Gasteiger partial charge < -0.3 is 19.5 Å². The zero-order valence-electron chi connectivity index (χ0n) is 19.3. The highest BCUT2D eigenvalue weighted by Gasteiger charge is 2.41. The van der Waals surface area contributed by atoms with E-state index in [2.05, 4.69) is 20.0 Å². The first-order valence-electron chi connectivity index (χ1n) is 10.5. The maximum absolute atomic E-state index is 14.7. The van der Waals surface area contributed by atoms with Crippen molar-refractivity contribution in [2.24, 2.45) is 0 Å². The molecular weight excluding hydrogens is 460 g/mol. The first kappa shape index (κ1) is 25.5. The van der Waals surface area contributed by atoms with Crippen molar-refractivity contribution in [2.45, 2.75) is 65.0 Å². The molecule has 1 aliphatic heterocycles. The summed E-state index contributed by atoms with van der Waals surface area (Å²) in [5, 5.41) is 2.88. The molecule has 0 saturated carbocycles. The molecule has 0 unspecified atom stereocenters. The predicted molar refractivity (Wildman–Crippen MR) is 115 cm³/mol. The van der Waals surface area contributed by atoms with Crippen LogP contribution in [-0.2, 0) is 9.47 Å². The molecule has 0 aliphatic carbocycles. The molecule has 12 heteroatoms. The van der Waals surface area contributed by atoms with Crippen LogP contribution in [-0.4, -0.2) is 47.0 Å². The van der Waals surface area contributed by atoms with Gasteiger partial charge in [-0.3, -0.25) is 0 Å². The van der Waals surface area contributed by atoms with E-state index in [1.54, 1.807) is 13.8 Å². The number of amides is 1. The SMILES string of the molecule is C[C@H](Nc1ncc(F)c(N2C(=O)OC[C@@H]2[C@@H](C)OC(C)(C)C)n1)c1ccc(OC(F)F)c(F)c1. The van der Waals surface area contributed by atoms with Gasteiger partial charge in [0, 0.05) is 0 Å². The van der Waals surface area contributed by atoms with Crippen LogP contribution in [0.15, 0.2) is 24.4 Å². The summed E-state index contributed by atoms with van der Waals surface area (Å²) >= 11 is 0. The predicted octanol–water partition coefficient (Wildman–Crippen LogP) is 5.06. The first-order valence-corrected chi connectivity index (χ1v) is 10.5. The number of nitrogens with one attached hydrogen (secondary N) is 1. The van der Waals surface area contributed by atoms with E-state index >= 15 is 0 Å². The highest BCUT2D eigenvalue weighted by Crippen LogP contribution is 2.30. The molecule has 0 bridgehead atoms. The fraction of sp³-hybridized carbons (Fsp3) is 0.500. The van der Waals surface area contributed by atoms with Gasteiger partial charge in [0.05, 0.1) is 23.9 Å². The van der Waals surface area contributed by atoms with Crippen molar-refractivity contribution in [1.29, 1.82) is 0 Å². The van der Waals surface area contributed by atoms with Crippen molar-refractivity contribution in [3.05, 3.63) is 41.6 Å². The molecule has 1 aromatic heterocycles. The third-order valence-corrected chi connectivity index (χ3v) is 4.96. The summed E-state index contributed by atoms with van der Waals surface area (Å²) in [7, 11) is 0. The van der Waals surface area contributed by atoms with Crippen LogP contribution in [0.3, 0.4) is 0 Å². The normalized spacial score (nSPS) is 18.1. The molecule has 186 valence electrons. The number of rotatable bonds is 8. The fourth-order valence-electron chi connectivity index (χ4n) is 3.51. The third kappa shape index (κ3) is 6.04. The number of hydrogen-bond donors (Lipinski definition) is 1. The number of ether oxygens (including phenoxy) is 3. The number of cyclic esters (lactones) is 1. The number of carbonyl (C=O) groups is 1. The first-order chi connectivity index (χ1) is 15.9. The van der Waals surface area contributed by atoms with Gasteiger partial charge in [0.15, 0.2) is 23.2 Å². The lowest BCUT2D eigenvalue weighted by atomic mass is 10.1. The minimum absolute atomic E-state index is 0.00893. The Morgan fingerprint density at radius 2 is 1.91 bits per heavy atom. The Bertz CT molecular complexity index is 1030. The average Bonchev–Trinajstić information content (AvgIpc) is 3.10. The molecule has 1 saturated heterocycles. The molecule has 1 aliphatic rings. The molecule has 0 radical (unpaired) electrons. The van der Waals surface area contributed by atoms with Crippen molar-refractivity contribution in [1.82, 2.24) is 9.97 Å². The van der Waals surface area contributed by atoms with E-state index < -0.39 is 53.9 Å². The van der Waals surface area contributed by atoms with Crippen LogP contribution in [0.1, 0.15) is 46.2 Å². The lowest BCUT2D eigenvalue weighted by Crippen LogP contribution is -2.45. The second-order valence-electron chi connectivity index (χ2n) is 8.75. The number of aromatic nitrogens is 2. The largest absolute Gasteiger partial charge is 0.447 e. The molecular formula is C22H26F4N4O4. The van der Waals surface area contributed by atoms with E-state index in [1.807, 2.05) is 20.8 Å². The van der Waals surface area contributed by atoms with Crippen molar-refractivity contribution in [3.63, 3.8) is 0 Å². The zero-order chi connectivity index (χ0) is 25.2. The van der Waals surface area contributed by atoms with E-state index in [9.17, 15) is 22.4 Å². The van der Waals surface area contributed by atoms with Crippen LogP contribution in [0.5, 0.6) is 5.75 Å². The standard InChI is InChI=1S/C22H26F4N4O4/c1-11(13-6-7-17(14(23)8-13)33-19(25)26)28-20-27-9-15(24)18(29-20)30-16(10-32-21(30)31)12(2)34-22(3,4)5/h6-9,11-12,16,19H,10H2,1-5H3,(H,27,28,29)/t11-,12+,16+/m0/s1. The molecule has 2 heterocycles. The maximum Gasteiger partial charge on any atom is 0.416 e. The van der Waals surface area contributed by atoms with Gasteiger partial charge in [-0.2, -0.15) is 13.8 Å². The smallest absolute Gasteiger partial charge is 0.416 e. The highest BCUT2D eigenvalue weighted by atomic mass is 19.3.